The number of carbonyl (C=O) groups is 3. The van der Waals surface area contributed by atoms with Crippen LogP contribution in [0.2, 0.25) is 0 Å². The minimum Gasteiger partial charge on any atom is -0.497 e. The first kappa shape index (κ1) is 22.7. The van der Waals surface area contributed by atoms with E-state index in [0.29, 0.717) is 11.3 Å². The number of hydrogen-bond donors (Lipinski definition) is 1. The van der Waals surface area contributed by atoms with Crippen LogP contribution in [0.4, 0.5) is 0 Å². The van der Waals surface area contributed by atoms with Crippen LogP contribution in [0.15, 0.2) is 24.3 Å². The molecule has 1 aliphatic heterocycles. The molecule has 1 N–H and O–H groups in total. The lowest BCUT2D eigenvalue weighted by atomic mass is 9.97. The van der Waals surface area contributed by atoms with E-state index in [1.54, 1.807) is 36.3 Å². The third kappa shape index (κ3) is 5.95. The standard InChI is InChI=1S/C22H32N2O5/c1-14(2)20(23-21(26)17-9-11-18(28-5)12-10-17)22(27)29-13-19(25)24-15(3)7-6-8-16(24)4/h9-12,14-16,20H,6-8,13H2,1-5H3,(H,23,26)/t15-,16+,20-/m0/s1. The smallest absolute Gasteiger partial charge is 0.329 e. The second kappa shape index (κ2) is 10.3. The lowest BCUT2D eigenvalue weighted by Crippen LogP contribution is -2.50. The molecule has 2 rings (SSSR count). The van der Waals surface area contributed by atoms with Crippen LogP contribution in [-0.2, 0) is 14.3 Å². The van der Waals surface area contributed by atoms with Crippen molar-refractivity contribution in [2.24, 2.45) is 5.92 Å². The number of likely N-dealkylation sites (tertiary alicyclic amines) is 1. The number of ether oxygens (including phenoxy) is 2. The summed E-state index contributed by atoms with van der Waals surface area (Å²) in [6.07, 6.45) is 3.01. The molecule has 0 unspecified atom stereocenters. The molecule has 0 aliphatic carbocycles. The maximum atomic E-state index is 12.6. The molecular formula is C22H32N2O5. The molecule has 0 bridgehead atoms. The van der Waals surface area contributed by atoms with Crippen molar-refractivity contribution in [1.29, 1.82) is 0 Å². The van der Waals surface area contributed by atoms with Gasteiger partial charge in [-0.1, -0.05) is 13.8 Å². The molecule has 29 heavy (non-hydrogen) atoms. The van der Waals surface area contributed by atoms with Crippen LogP contribution in [0, 0.1) is 5.92 Å². The zero-order valence-corrected chi connectivity index (χ0v) is 17.9. The van der Waals surface area contributed by atoms with E-state index in [-0.39, 0.29) is 36.4 Å². The Hall–Kier alpha value is -2.57. The number of amides is 2. The zero-order chi connectivity index (χ0) is 21.6. The van der Waals surface area contributed by atoms with Gasteiger partial charge in [0, 0.05) is 17.6 Å². The Morgan fingerprint density at radius 1 is 1.10 bits per heavy atom. The third-order valence-electron chi connectivity index (χ3n) is 5.38. The Kier molecular flexibility index (Phi) is 8.05. The third-order valence-corrected chi connectivity index (χ3v) is 5.38. The first-order valence-corrected chi connectivity index (χ1v) is 10.2. The van der Waals surface area contributed by atoms with Crippen molar-refractivity contribution in [2.45, 2.75) is 65.1 Å². The number of methoxy groups -OCH3 is 1. The first-order chi connectivity index (χ1) is 13.7. The van der Waals surface area contributed by atoms with Crippen molar-refractivity contribution in [3.05, 3.63) is 29.8 Å². The van der Waals surface area contributed by atoms with Crippen molar-refractivity contribution in [2.75, 3.05) is 13.7 Å². The molecule has 1 aliphatic rings. The molecule has 7 nitrogen and oxygen atoms in total. The summed E-state index contributed by atoms with van der Waals surface area (Å²) in [6.45, 7) is 7.35. The summed E-state index contributed by atoms with van der Waals surface area (Å²) in [5, 5.41) is 2.71. The highest BCUT2D eigenvalue weighted by Gasteiger charge is 2.31. The van der Waals surface area contributed by atoms with E-state index >= 15 is 0 Å². The Morgan fingerprint density at radius 2 is 1.69 bits per heavy atom. The normalized spacial score (nSPS) is 20.1. The van der Waals surface area contributed by atoms with Gasteiger partial charge in [0.05, 0.1) is 7.11 Å². The first-order valence-electron chi connectivity index (χ1n) is 10.2. The minimum atomic E-state index is -0.839. The lowest BCUT2D eigenvalue weighted by molar-refractivity contribution is -0.157. The maximum absolute atomic E-state index is 12.6. The van der Waals surface area contributed by atoms with E-state index in [9.17, 15) is 14.4 Å². The summed E-state index contributed by atoms with van der Waals surface area (Å²) in [7, 11) is 1.55. The molecule has 0 saturated carbocycles. The molecule has 0 aromatic heterocycles. The summed E-state index contributed by atoms with van der Waals surface area (Å²) < 4.78 is 10.4. The van der Waals surface area contributed by atoms with Crippen molar-refractivity contribution < 1.29 is 23.9 Å². The monoisotopic (exact) mass is 404 g/mol. The molecule has 1 saturated heterocycles. The van der Waals surface area contributed by atoms with Crippen LogP contribution in [0.5, 0.6) is 5.75 Å². The average Bonchev–Trinajstić information content (AvgIpc) is 2.69. The molecular weight excluding hydrogens is 372 g/mol. The Balaban J connectivity index is 1.96. The van der Waals surface area contributed by atoms with Crippen LogP contribution in [0.3, 0.4) is 0 Å². The molecule has 1 heterocycles. The fourth-order valence-corrected chi connectivity index (χ4v) is 3.67. The molecule has 0 spiro atoms. The van der Waals surface area contributed by atoms with Crippen LogP contribution < -0.4 is 10.1 Å². The number of nitrogens with one attached hydrogen (secondary N) is 1. The van der Waals surface area contributed by atoms with Gasteiger partial charge in [-0.15, -0.1) is 0 Å². The molecule has 160 valence electrons. The van der Waals surface area contributed by atoms with E-state index in [0.717, 1.165) is 19.3 Å². The number of piperidine rings is 1. The van der Waals surface area contributed by atoms with Crippen LogP contribution in [0.1, 0.15) is 57.3 Å². The van der Waals surface area contributed by atoms with E-state index in [4.69, 9.17) is 9.47 Å². The van der Waals surface area contributed by atoms with Crippen LogP contribution in [0.25, 0.3) is 0 Å². The van der Waals surface area contributed by atoms with Crippen LogP contribution >= 0.6 is 0 Å². The maximum Gasteiger partial charge on any atom is 0.329 e. The Labute approximate surface area is 172 Å². The summed E-state index contributed by atoms with van der Waals surface area (Å²) in [5.41, 5.74) is 0.413. The zero-order valence-electron chi connectivity index (χ0n) is 17.9. The van der Waals surface area contributed by atoms with Gasteiger partial charge >= 0.3 is 5.97 Å². The fourth-order valence-electron chi connectivity index (χ4n) is 3.67. The number of rotatable bonds is 7. The number of benzene rings is 1. The lowest BCUT2D eigenvalue weighted by Gasteiger charge is -2.39. The number of nitrogens with zero attached hydrogens (tertiary/aromatic N) is 1. The Bertz CT molecular complexity index is 706. The second-order valence-electron chi connectivity index (χ2n) is 7.96. The average molecular weight is 405 g/mol. The van der Waals surface area contributed by atoms with Gasteiger partial charge in [-0.05, 0) is 63.3 Å². The van der Waals surface area contributed by atoms with E-state index in [1.807, 2.05) is 27.7 Å². The highest BCUT2D eigenvalue weighted by atomic mass is 16.5. The van der Waals surface area contributed by atoms with Gasteiger partial charge in [0.2, 0.25) is 0 Å². The molecule has 1 aromatic carbocycles. The molecule has 7 heteroatoms. The topological polar surface area (TPSA) is 84.9 Å². The molecule has 1 fully saturated rings. The number of carbonyl (C=O) groups excluding carboxylic acids is 3. The highest BCUT2D eigenvalue weighted by Crippen LogP contribution is 2.22. The quantitative estimate of drug-likeness (QED) is 0.707. The summed E-state index contributed by atoms with van der Waals surface area (Å²) in [5.74, 6) is -0.726. The van der Waals surface area contributed by atoms with Crippen LogP contribution in [-0.4, -0.2) is 54.5 Å². The van der Waals surface area contributed by atoms with Crippen molar-refractivity contribution >= 4 is 17.8 Å². The summed E-state index contributed by atoms with van der Waals surface area (Å²) in [4.78, 5) is 39.4. The van der Waals surface area contributed by atoms with E-state index in [2.05, 4.69) is 5.32 Å². The second-order valence-corrected chi connectivity index (χ2v) is 7.96. The number of esters is 1. The van der Waals surface area contributed by atoms with Crippen molar-refractivity contribution in [1.82, 2.24) is 10.2 Å². The van der Waals surface area contributed by atoms with Gasteiger partial charge in [-0.3, -0.25) is 9.59 Å². The fraction of sp³-hybridized carbons (Fsp3) is 0.591. The summed E-state index contributed by atoms with van der Waals surface area (Å²) >= 11 is 0. The molecule has 2 amide bonds. The van der Waals surface area contributed by atoms with E-state index in [1.165, 1.54) is 0 Å². The van der Waals surface area contributed by atoms with Crippen molar-refractivity contribution in [3.63, 3.8) is 0 Å². The minimum absolute atomic E-state index is 0.139. The SMILES string of the molecule is COc1ccc(C(=O)N[C@H](C(=O)OCC(=O)N2[C@H](C)CCC[C@@H]2C)C(C)C)cc1. The molecule has 3 atom stereocenters. The van der Waals surface area contributed by atoms with Crippen molar-refractivity contribution in [3.8, 4) is 5.75 Å². The largest absolute Gasteiger partial charge is 0.497 e. The predicted octanol–water partition coefficient (Wildman–Crippen LogP) is 2.78. The van der Waals surface area contributed by atoms with Gasteiger partial charge in [0.15, 0.2) is 6.61 Å². The van der Waals surface area contributed by atoms with Gasteiger partial charge in [0.25, 0.3) is 11.8 Å². The Morgan fingerprint density at radius 3 is 2.21 bits per heavy atom. The van der Waals surface area contributed by atoms with Gasteiger partial charge in [-0.25, -0.2) is 4.79 Å². The van der Waals surface area contributed by atoms with E-state index < -0.39 is 12.0 Å². The van der Waals surface area contributed by atoms with Gasteiger partial charge in [0.1, 0.15) is 11.8 Å². The molecule has 1 aromatic rings. The van der Waals surface area contributed by atoms with Gasteiger partial charge in [-0.2, -0.15) is 0 Å². The molecule has 0 radical (unpaired) electrons. The predicted molar refractivity (Wildman–Crippen MR) is 110 cm³/mol. The number of hydrogen-bond acceptors (Lipinski definition) is 5. The summed E-state index contributed by atoms with van der Waals surface area (Å²) in [6, 6.07) is 6.04. The van der Waals surface area contributed by atoms with Gasteiger partial charge < -0.3 is 19.7 Å². The highest BCUT2D eigenvalue weighted by molar-refractivity contribution is 5.97.